The largest absolute Gasteiger partial charge is 0.444 e. The Bertz CT molecular complexity index is 1210. The number of carbonyl (C=O) groups is 2. The van der Waals surface area contributed by atoms with Gasteiger partial charge in [-0.2, -0.15) is 4.39 Å². The lowest BCUT2D eigenvalue weighted by Gasteiger charge is -2.24. The lowest BCUT2D eigenvalue weighted by Crippen LogP contribution is -2.46. The molecule has 2 heterocycles. The Kier molecular flexibility index (Phi) is 8.67. The van der Waals surface area contributed by atoms with Crippen LogP contribution in [-0.2, 0) is 25.6 Å². The van der Waals surface area contributed by atoms with E-state index in [9.17, 15) is 28.7 Å². The predicted octanol–water partition coefficient (Wildman–Crippen LogP) is 1.66. The fourth-order valence-electron chi connectivity index (χ4n) is 3.50. The van der Waals surface area contributed by atoms with E-state index in [0.717, 1.165) is 10.1 Å². The van der Waals surface area contributed by atoms with Crippen LogP contribution in [0.15, 0.2) is 40.1 Å². The molecule has 1 aromatic heterocycles. The number of amides is 1. The monoisotopic (exact) mass is 527 g/mol. The molecule has 3 rings (SSSR count). The van der Waals surface area contributed by atoms with Crippen molar-refractivity contribution in [2.24, 2.45) is 0 Å². The number of hydrogen-bond donors (Lipinski definition) is 3. The number of nitrogens with zero attached hydrogens (tertiary/aromatic N) is 1. The third-order valence-electron chi connectivity index (χ3n) is 5.17. The first-order chi connectivity index (χ1) is 16.8. The first kappa shape index (κ1) is 27.5. The molecule has 1 aliphatic heterocycles. The zero-order valence-electron chi connectivity index (χ0n) is 19.8. The quantitative estimate of drug-likeness (QED) is 0.469. The summed E-state index contributed by atoms with van der Waals surface area (Å²) in [4.78, 5) is 49.9. The maximum Gasteiger partial charge on any atom is 0.408 e. The summed E-state index contributed by atoms with van der Waals surface area (Å²) in [6, 6.07) is 6.77. The Balaban J connectivity index is 1.75. The highest BCUT2D eigenvalue weighted by molar-refractivity contribution is 6.30. The Morgan fingerprint density at radius 2 is 1.97 bits per heavy atom. The molecule has 0 radical (unpaired) electrons. The number of halogens is 2. The van der Waals surface area contributed by atoms with E-state index in [4.69, 9.17) is 25.8 Å². The van der Waals surface area contributed by atoms with Gasteiger partial charge in [-0.1, -0.05) is 23.7 Å². The fraction of sp³-hybridized carbons (Fsp3) is 0.478. The van der Waals surface area contributed by atoms with Crippen LogP contribution in [0.3, 0.4) is 0 Å². The molecule has 11 nitrogen and oxygen atoms in total. The number of Topliss-reactive ketones (excluding diaryl/α,β-unsaturated/α-hetero) is 1. The number of H-pyrrole nitrogens is 1. The van der Waals surface area contributed by atoms with Crippen LogP contribution in [0, 0.1) is 5.82 Å². The number of hydrogen-bond acceptors (Lipinski definition) is 8. The molecular weight excluding hydrogens is 501 g/mol. The van der Waals surface area contributed by atoms with Crippen LogP contribution in [-0.4, -0.2) is 57.0 Å². The summed E-state index contributed by atoms with van der Waals surface area (Å²) in [5.41, 5.74) is -2.17. The van der Waals surface area contributed by atoms with Crippen molar-refractivity contribution in [1.29, 1.82) is 0 Å². The van der Waals surface area contributed by atoms with Crippen molar-refractivity contribution in [2.45, 2.75) is 63.9 Å². The van der Waals surface area contributed by atoms with Crippen molar-refractivity contribution >= 4 is 23.5 Å². The van der Waals surface area contributed by atoms with E-state index in [1.807, 2.05) is 4.98 Å². The molecule has 2 aromatic rings. The number of aromatic nitrogens is 2. The van der Waals surface area contributed by atoms with Crippen LogP contribution in [0.25, 0.3) is 0 Å². The van der Waals surface area contributed by atoms with E-state index in [1.165, 1.54) is 0 Å². The van der Waals surface area contributed by atoms with Crippen molar-refractivity contribution in [3.05, 3.63) is 67.7 Å². The Morgan fingerprint density at radius 1 is 1.31 bits per heavy atom. The third kappa shape index (κ3) is 7.23. The van der Waals surface area contributed by atoms with Gasteiger partial charge in [0, 0.05) is 11.4 Å². The van der Waals surface area contributed by atoms with Gasteiger partial charge in [-0.3, -0.25) is 19.1 Å². The Hall–Kier alpha value is -3.06. The van der Waals surface area contributed by atoms with E-state index in [0.29, 0.717) is 11.2 Å². The van der Waals surface area contributed by atoms with E-state index < -0.39 is 65.6 Å². The second-order valence-corrected chi connectivity index (χ2v) is 9.61. The molecule has 0 saturated carbocycles. The summed E-state index contributed by atoms with van der Waals surface area (Å²) in [6.45, 7) is 4.46. The maximum absolute atomic E-state index is 13.8. The second-order valence-electron chi connectivity index (χ2n) is 9.18. The number of nitrogens with one attached hydrogen (secondary N) is 2. The van der Waals surface area contributed by atoms with Crippen molar-refractivity contribution < 1.29 is 33.3 Å². The first-order valence-electron chi connectivity index (χ1n) is 11.0. The second kappa shape index (κ2) is 11.3. The molecular formula is C23H27ClFN3O8. The van der Waals surface area contributed by atoms with E-state index in [2.05, 4.69) is 5.32 Å². The number of aromatic amines is 1. The van der Waals surface area contributed by atoms with Gasteiger partial charge in [0.1, 0.15) is 24.0 Å². The lowest BCUT2D eigenvalue weighted by atomic mass is 10.0. The van der Waals surface area contributed by atoms with Gasteiger partial charge in [-0.25, -0.2) is 9.59 Å². The molecule has 4 atom stereocenters. The van der Waals surface area contributed by atoms with Gasteiger partial charge in [-0.15, -0.1) is 0 Å². The highest BCUT2D eigenvalue weighted by atomic mass is 35.5. The Labute approximate surface area is 210 Å². The van der Waals surface area contributed by atoms with E-state index in [-0.39, 0.29) is 13.0 Å². The zero-order chi connectivity index (χ0) is 26.6. The number of aliphatic hydroxyl groups is 1. The zero-order valence-corrected chi connectivity index (χ0v) is 20.6. The molecule has 36 heavy (non-hydrogen) atoms. The molecule has 1 aliphatic rings. The molecule has 3 N–H and O–H groups in total. The Morgan fingerprint density at radius 3 is 2.61 bits per heavy atom. The topological polar surface area (TPSA) is 149 Å². The molecule has 1 aromatic carbocycles. The number of rotatable bonds is 8. The summed E-state index contributed by atoms with van der Waals surface area (Å²) in [6.07, 6.45) is -5.30. The van der Waals surface area contributed by atoms with Crippen LogP contribution in [0.5, 0.6) is 0 Å². The molecule has 196 valence electrons. The van der Waals surface area contributed by atoms with Crippen LogP contribution in [0.1, 0.15) is 39.0 Å². The normalized spacial score (nSPS) is 20.7. The first-order valence-corrected chi connectivity index (χ1v) is 11.4. The summed E-state index contributed by atoms with van der Waals surface area (Å²) >= 11 is 5.89. The predicted molar refractivity (Wildman–Crippen MR) is 125 cm³/mol. The van der Waals surface area contributed by atoms with Gasteiger partial charge < -0.3 is 24.6 Å². The molecule has 0 aliphatic carbocycles. The number of benzene rings is 1. The maximum atomic E-state index is 13.8. The van der Waals surface area contributed by atoms with Crippen LogP contribution < -0.4 is 16.6 Å². The molecule has 1 amide bonds. The SMILES string of the molecule is CC(C)(C)OC(=O)NCC(=O)C(O)[C@H]1O[C@@H](n2cc(F)c(=O)[nH]c2=O)C[C@@H]1OCc1ccc(Cl)cc1. The minimum atomic E-state index is -1.76. The van der Waals surface area contributed by atoms with Crippen molar-refractivity contribution in [3.8, 4) is 0 Å². The molecule has 0 spiro atoms. The molecule has 13 heteroatoms. The van der Waals surface area contributed by atoms with Crippen LogP contribution in [0.2, 0.25) is 5.02 Å². The van der Waals surface area contributed by atoms with Gasteiger partial charge in [0.15, 0.2) is 5.78 Å². The smallest absolute Gasteiger partial charge is 0.408 e. The number of aliphatic hydroxyl groups excluding tert-OH is 1. The average molecular weight is 528 g/mol. The highest BCUT2D eigenvalue weighted by Gasteiger charge is 2.44. The van der Waals surface area contributed by atoms with Gasteiger partial charge in [-0.05, 0) is 38.5 Å². The van der Waals surface area contributed by atoms with Crippen LogP contribution >= 0.6 is 11.6 Å². The summed E-state index contributed by atoms with van der Waals surface area (Å²) < 4.78 is 31.3. The van der Waals surface area contributed by atoms with Gasteiger partial charge >= 0.3 is 11.8 Å². The molecule has 1 fully saturated rings. The van der Waals surface area contributed by atoms with Gasteiger partial charge in [0.2, 0.25) is 5.82 Å². The number of ether oxygens (including phenoxy) is 3. The number of carbonyl (C=O) groups excluding carboxylic acids is 2. The number of alkyl carbamates (subject to hydrolysis) is 1. The molecule has 1 unspecified atom stereocenters. The van der Waals surface area contributed by atoms with Crippen molar-refractivity contribution in [3.63, 3.8) is 0 Å². The fourth-order valence-corrected chi connectivity index (χ4v) is 3.62. The van der Waals surface area contributed by atoms with E-state index >= 15 is 0 Å². The average Bonchev–Trinajstić information content (AvgIpc) is 3.21. The van der Waals surface area contributed by atoms with Gasteiger partial charge in [0.25, 0.3) is 5.56 Å². The number of ketones is 1. The lowest BCUT2D eigenvalue weighted by molar-refractivity contribution is -0.143. The molecule has 1 saturated heterocycles. The summed E-state index contributed by atoms with van der Waals surface area (Å²) in [5.74, 6) is -2.01. The minimum Gasteiger partial charge on any atom is -0.444 e. The third-order valence-corrected chi connectivity index (χ3v) is 5.43. The minimum absolute atomic E-state index is 0.0481. The van der Waals surface area contributed by atoms with E-state index in [1.54, 1.807) is 45.0 Å². The highest BCUT2D eigenvalue weighted by Crippen LogP contribution is 2.32. The summed E-state index contributed by atoms with van der Waals surface area (Å²) in [7, 11) is 0. The van der Waals surface area contributed by atoms with Crippen molar-refractivity contribution in [2.75, 3.05) is 6.54 Å². The summed E-state index contributed by atoms with van der Waals surface area (Å²) in [5, 5.41) is 13.5. The molecule has 0 bridgehead atoms. The van der Waals surface area contributed by atoms with Crippen LogP contribution in [0.4, 0.5) is 9.18 Å². The van der Waals surface area contributed by atoms with Gasteiger partial charge in [0.05, 0.1) is 25.5 Å². The van der Waals surface area contributed by atoms with Crippen molar-refractivity contribution in [1.82, 2.24) is 14.9 Å². The standard InChI is InChI=1S/C23H27ClFN3O8/c1-23(2,3)36-22(33)26-9-15(29)18(30)19-16(34-11-12-4-6-13(24)7-5-12)8-17(35-19)28-10-14(25)20(31)27-21(28)32/h4-7,10,16-19,30H,8-9,11H2,1-3H3,(H,26,33)(H,27,31,32)/t16-,17+,18?,19-/m0/s1.